The van der Waals surface area contributed by atoms with E-state index in [2.05, 4.69) is 31.9 Å². The van der Waals surface area contributed by atoms with Crippen molar-refractivity contribution in [3.8, 4) is 11.5 Å². The number of Topliss-reactive ketones (excluding diaryl/α,β-unsaturated/α-hetero) is 1. The summed E-state index contributed by atoms with van der Waals surface area (Å²) in [6.45, 7) is -0.503. The molecule has 4 atom stereocenters. The molecule has 0 aromatic heterocycles. The fraction of sp³-hybridized carbons (Fsp3) is 0.258. The van der Waals surface area contributed by atoms with E-state index in [1.165, 1.54) is 60.5 Å². The van der Waals surface area contributed by atoms with Gasteiger partial charge < -0.3 is 14.2 Å². The molecule has 2 amide bonds. The molecule has 1 heterocycles. The molecule has 1 saturated heterocycles. The van der Waals surface area contributed by atoms with Gasteiger partial charge in [0.15, 0.2) is 12.4 Å². The molecule has 5 rings (SSSR count). The summed E-state index contributed by atoms with van der Waals surface area (Å²) in [6, 6.07) is 18.4. The van der Waals surface area contributed by atoms with Crippen LogP contribution in [0.15, 0.2) is 72.8 Å². The monoisotopic (exact) mass is 697 g/mol. The van der Waals surface area contributed by atoms with Crippen LogP contribution in [-0.4, -0.2) is 52.9 Å². The van der Waals surface area contributed by atoms with Gasteiger partial charge in [0, 0.05) is 15.2 Å². The van der Waals surface area contributed by atoms with Crippen LogP contribution in [0.3, 0.4) is 0 Å². The molecule has 2 aliphatic rings. The molecule has 1 aliphatic carbocycles. The van der Waals surface area contributed by atoms with Gasteiger partial charge in [0.1, 0.15) is 11.5 Å². The van der Waals surface area contributed by atoms with E-state index >= 15 is 0 Å². The molecule has 0 bridgehead atoms. The summed E-state index contributed by atoms with van der Waals surface area (Å²) < 4.78 is 15.6. The molecule has 216 valence electrons. The van der Waals surface area contributed by atoms with Crippen molar-refractivity contribution in [1.82, 2.24) is 0 Å². The van der Waals surface area contributed by atoms with E-state index in [0.29, 0.717) is 29.8 Å². The number of amides is 2. The number of imide groups is 1. The van der Waals surface area contributed by atoms with Gasteiger partial charge in [-0.15, -0.1) is 0 Å². The topological polar surface area (TPSA) is 116 Å². The lowest BCUT2D eigenvalue weighted by Crippen LogP contribution is -2.34. The van der Waals surface area contributed by atoms with Crippen molar-refractivity contribution in [2.75, 3.05) is 18.6 Å². The van der Waals surface area contributed by atoms with Gasteiger partial charge in [-0.25, -0.2) is 9.59 Å². The van der Waals surface area contributed by atoms with Crippen LogP contribution < -0.4 is 14.4 Å². The fourth-order valence-corrected chi connectivity index (χ4v) is 6.26. The first kappa shape index (κ1) is 29.7. The van der Waals surface area contributed by atoms with Gasteiger partial charge in [-0.1, -0.05) is 37.9 Å². The summed E-state index contributed by atoms with van der Waals surface area (Å²) in [6.07, 6.45) is 1.13. The quantitative estimate of drug-likeness (QED) is 0.101. The third kappa shape index (κ3) is 6.17. The first-order valence-corrected chi connectivity index (χ1v) is 14.9. The van der Waals surface area contributed by atoms with Crippen molar-refractivity contribution in [1.29, 1.82) is 0 Å². The Labute approximate surface area is 258 Å². The van der Waals surface area contributed by atoms with E-state index < -0.39 is 24.3 Å². The van der Waals surface area contributed by atoms with Gasteiger partial charge in [0.2, 0.25) is 11.8 Å². The maximum absolute atomic E-state index is 13.0. The maximum Gasteiger partial charge on any atom is 0.343 e. The number of halogens is 2. The zero-order chi connectivity index (χ0) is 30.0. The molecule has 4 unspecified atom stereocenters. The number of fused-ring (bicyclic) bond motifs is 1. The molecule has 3 aromatic rings. The highest BCUT2D eigenvalue weighted by Gasteiger charge is 2.52. The largest absolute Gasteiger partial charge is 0.497 e. The summed E-state index contributed by atoms with van der Waals surface area (Å²) >= 11 is 7.15. The Morgan fingerprint density at radius 1 is 0.762 bits per heavy atom. The standard InChI is InChI=1S/C31H25Br2NO8/c1-40-22-4-2-3-19(13-22)31(39)42-21-11-7-17(8-12-21)27(35)16-41-30(38)18-5-9-20(10-6-18)34-28(36)23-14-25(32)26(33)15-24(23)29(34)37/h2-13,23-26H,14-16H2,1H3. The second kappa shape index (κ2) is 12.6. The van der Waals surface area contributed by atoms with E-state index in [1.54, 1.807) is 24.3 Å². The fourth-order valence-electron chi connectivity index (χ4n) is 5.02. The van der Waals surface area contributed by atoms with Gasteiger partial charge in [-0.3, -0.25) is 19.3 Å². The number of nitrogens with zero attached hydrogens (tertiary/aromatic N) is 1. The number of benzene rings is 3. The molecule has 1 saturated carbocycles. The van der Waals surface area contributed by atoms with E-state index in [4.69, 9.17) is 14.2 Å². The Morgan fingerprint density at radius 3 is 1.95 bits per heavy atom. The lowest BCUT2D eigenvalue weighted by atomic mass is 9.81. The Kier molecular flexibility index (Phi) is 8.88. The van der Waals surface area contributed by atoms with Gasteiger partial charge in [-0.05, 0) is 79.6 Å². The molecular formula is C31H25Br2NO8. The van der Waals surface area contributed by atoms with Gasteiger partial charge in [0.05, 0.1) is 35.8 Å². The average Bonchev–Trinajstić information content (AvgIpc) is 3.24. The van der Waals surface area contributed by atoms with Gasteiger partial charge >= 0.3 is 11.9 Å². The normalized spacial score (nSPS) is 21.5. The van der Waals surface area contributed by atoms with Crippen molar-refractivity contribution >= 4 is 67.1 Å². The molecule has 42 heavy (non-hydrogen) atoms. The van der Waals surface area contributed by atoms with Crippen LogP contribution in [0.4, 0.5) is 5.69 Å². The van der Waals surface area contributed by atoms with Crippen LogP contribution in [0.25, 0.3) is 0 Å². The number of esters is 2. The highest BCUT2D eigenvalue weighted by Crippen LogP contribution is 2.44. The van der Waals surface area contributed by atoms with Crippen molar-refractivity contribution in [2.45, 2.75) is 22.5 Å². The summed E-state index contributed by atoms with van der Waals surface area (Å²) in [5.74, 6) is -2.22. The molecule has 0 radical (unpaired) electrons. The lowest BCUT2D eigenvalue weighted by Gasteiger charge is -2.29. The number of carbonyl (C=O) groups is 5. The molecule has 9 nitrogen and oxygen atoms in total. The van der Waals surface area contributed by atoms with Crippen LogP contribution in [0.1, 0.15) is 43.9 Å². The van der Waals surface area contributed by atoms with Crippen LogP contribution in [0, 0.1) is 11.8 Å². The zero-order valence-electron chi connectivity index (χ0n) is 22.3. The minimum atomic E-state index is -0.726. The Balaban J connectivity index is 1.15. The number of rotatable bonds is 8. The number of ether oxygens (including phenoxy) is 3. The minimum absolute atomic E-state index is 0.107. The molecule has 11 heteroatoms. The number of hydrogen-bond acceptors (Lipinski definition) is 8. The number of methoxy groups -OCH3 is 1. The van der Waals surface area contributed by atoms with Crippen molar-refractivity contribution < 1.29 is 38.2 Å². The Bertz CT molecular complexity index is 1510. The van der Waals surface area contributed by atoms with Crippen molar-refractivity contribution in [3.63, 3.8) is 0 Å². The number of ketones is 1. The van der Waals surface area contributed by atoms with Crippen molar-refractivity contribution in [2.24, 2.45) is 11.8 Å². The number of anilines is 1. The summed E-state index contributed by atoms with van der Waals surface area (Å²) in [5.41, 5.74) is 1.13. The van der Waals surface area contributed by atoms with Crippen LogP contribution >= 0.6 is 31.9 Å². The predicted molar refractivity (Wildman–Crippen MR) is 160 cm³/mol. The first-order chi connectivity index (χ1) is 20.2. The number of alkyl halides is 2. The van der Waals surface area contributed by atoms with Crippen molar-refractivity contribution in [3.05, 3.63) is 89.5 Å². The molecule has 2 fully saturated rings. The lowest BCUT2D eigenvalue weighted by molar-refractivity contribution is -0.122. The van der Waals surface area contributed by atoms with Crippen LogP contribution in [0.2, 0.25) is 0 Å². The second-order valence-electron chi connectivity index (χ2n) is 9.92. The summed E-state index contributed by atoms with van der Waals surface area (Å²) in [5, 5.41) is 0. The van der Waals surface area contributed by atoms with Crippen LogP contribution in [0.5, 0.6) is 11.5 Å². The second-order valence-corrected chi connectivity index (χ2v) is 12.3. The first-order valence-electron chi connectivity index (χ1n) is 13.1. The Hall–Kier alpha value is -3.83. The van der Waals surface area contributed by atoms with E-state index in [-0.39, 0.29) is 50.2 Å². The number of hydrogen-bond donors (Lipinski definition) is 0. The maximum atomic E-state index is 13.0. The van der Waals surface area contributed by atoms with E-state index in [0.717, 1.165) is 0 Å². The van der Waals surface area contributed by atoms with Gasteiger partial charge in [0.25, 0.3) is 0 Å². The van der Waals surface area contributed by atoms with Crippen LogP contribution in [-0.2, 0) is 14.3 Å². The molecule has 0 spiro atoms. The zero-order valence-corrected chi connectivity index (χ0v) is 25.5. The van der Waals surface area contributed by atoms with E-state index in [1.807, 2.05) is 0 Å². The summed E-state index contributed by atoms with van der Waals surface area (Å²) in [7, 11) is 1.50. The third-order valence-electron chi connectivity index (χ3n) is 7.30. The number of carbonyl (C=O) groups excluding carboxylic acids is 5. The minimum Gasteiger partial charge on any atom is -0.497 e. The third-order valence-corrected chi connectivity index (χ3v) is 10.0. The van der Waals surface area contributed by atoms with E-state index in [9.17, 15) is 24.0 Å². The molecule has 3 aromatic carbocycles. The average molecular weight is 699 g/mol. The summed E-state index contributed by atoms with van der Waals surface area (Å²) in [4.78, 5) is 65.0. The highest BCUT2D eigenvalue weighted by atomic mass is 79.9. The SMILES string of the molecule is COc1cccc(C(=O)Oc2ccc(C(=O)COC(=O)c3ccc(N4C(=O)C5CC(Br)C(Br)CC5C4=O)cc3)cc2)c1. The molecule has 1 aliphatic heterocycles. The van der Waals surface area contributed by atoms with Gasteiger partial charge in [-0.2, -0.15) is 0 Å². The molecule has 0 N–H and O–H groups in total. The predicted octanol–water partition coefficient (Wildman–Crippen LogP) is 5.38. The molecular weight excluding hydrogens is 674 g/mol. The highest BCUT2D eigenvalue weighted by molar-refractivity contribution is 9.12. The smallest absolute Gasteiger partial charge is 0.343 e. The Morgan fingerprint density at radius 2 is 1.36 bits per heavy atom.